The first-order valence-corrected chi connectivity index (χ1v) is 9.81. The van der Waals surface area contributed by atoms with Gasteiger partial charge in [-0.25, -0.2) is 4.79 Å². The molecule has 1 heterocycles. The molecule has 1 saturated carbocycles. The number of rotatable bonds is 3. The highest BCUT2D eigenvalue weighted by Gasteiger charge is 2.52. The van der Waals surface area contributed by atoms with Gasteiger partial charge in [-0.15, -0.1) is 0 Å². The lowest BCUT2D eigenvalue weighted by Gasteiger charge is -2.43. The van der Waals surface area contributed by atoms with Gasteiger partial charge in [-0.3, -0.25) is 9.69 Å². The van der Waals surface area contributed by atoms with Crippen molar-refractivity contribution in [1.82, 2.24) is 5.32 Å². The topological polar surface area (TPSA) is 81.7 Å². The summed E-state index contributed by atoms with van der Waals surface area (Å²) in [7, 11) is 0. The average Bonchev–Trinajstić information content (AvgIpc) is 2.70. The average molecular weight is 379 g/mol. The van der Waals surface area contributed by atoms with Gasteiger partial charge in [-0.05, 0) is 37.0 Å². The van der Waals surface area contributed by atoms with Gasteiger partial charge < -0.3 is 15.7 Å². The molecule has 2 aromatic carbocycles. The zero-order valence-electron chi connectivity index (χ0n) is 15.9. The molecule has 3 atom stereocenters. The van der Waals surface area contributed by atoms with E-state index < -0.39 is 17.7 Å². The van der Waals surface area contributed by atoms with Crippen molar-refractivity contribution in [2.45, 2.75) is 44.4 Å². The molecule has 28 heavy (non-hydrogen) atoms. The number of anilines is 2. The van der Waals surface area contributed by atoms with Gasteiger partial charge in [0, 0.05) is 17.3 Å². The number of hydrogen-bond donors (Lipinski definition) is 3. The third kappa shape index (κ3) is 3.03. The third-order valence-corrected chi connectivity index (χ3v) is 5.83. The Morgan fingerprint density at radius 3 is 2.54 bits per heavy atom. The van der Waals surface area contributed by atoms with E-state index in [0.717, 1.165) is 30.6 Å². The summed E-state index contributed by atoms with van der Waals surface area (Å²) < 4.78 is 0. The van der Waals surface area contributed by atoms with Crippen molar-refractivity contribution in [3.8, 4) is 0 Å². The lowest BCUT2D eigenvalue weighted by atomic mass is 9.85. The van der Waals surface area contributed by atoms with Gasteiger partial charge >= 0.3 is 6.03 Å². The number of nitrogens with zero attached hydrogens (tertiary/aromatic N) is 1. The Morgan fingerprint density at radius 2 is 1.79 bits per heavy atom. The van der Waals surface area contributed by atoms with Gasteiger partial charge in [-0.1, -0.05) is 56.2 Å². The van der Waals surface area contributed by atoms with Crippen LogP contribution in [0.15, 0.2) is 54.6 Å². The lowest BCUT2D eigenvalue weighted by molar-refractivity contribution is -0.141. The molecule has 2 aromatic rings. The van der Waals surface area contributed by atoms with Crippen LogP contribution in [-0.2, 0) is 10.5 Å². The summed E-state index contributed by atoms with van der Waals surface area (Å²) in [6.07, 6.45) is 4.12. The Labute approximate surface area is 164 Å². The van der Waals surface area contributed by atoms with Crippen LogP contribution in [0.3, 0.4) is 0 Å². The van der Waals surface area contributed by atoms with Gasteiger partial charge in [0.15, 0.2) is 0 Å². The number of carbonyl (C=O) groups is 2. The van der Waals surface area contributed by atoms with Crippen molar-refractivity contribution in [2.24, 2.45) is 5.92 Å². The molecular weight excluding hydrogens is 354 g/mol. The van der Waals surface area contributed by atoms with Gasteiger partial charge in [0.05, 0.1) is 5.69 Å². The van der Waals surface area contributed by atoms with Crippen LogP contribution in [-0.4, -0.2) is 23.1 Å². The zero-order valence-corrected chi connectivity index (χ0v) is 15.9. The number of carbonyl (C=O) groups excluding carboxylic acids is 2. The van der Waals surface area contributed by atoms with E-state index in [9.17, 15) is 14.7 Å². The maximum atomic E-state index is 13.4. The second kappa shape index (κ2) is 7.28. The summed E-state index contributed by atoms with van der Waals surface area (Å²) in [6.45, 7) is 2.12. The van der Waals surface area contributed by atoms with Crippen LogP contribution in [0.4, 0.5) is 16.2 Å². The van der Waals surface area contributed by atoms with E-state index in [1.807, 2.05) is 6.07 Å². The molecule has 146 valence electrons. The van der Waals surface area contributed by atoms with E-state index in [1.54, 1.807) is 48.5 Å². The Bertz CT molecular complexity index is 886. The molecule has 0 spiro atoms. The Balaban J connectivity index is 1.78. The van der Waals surface area contributed by atoms with E-state index in [4.69, 9.17) is 0 Å². The summed E-state index contributed by atoms with van der Waals surface area (Å²) in [4.78, 5) is 27.5. The van der Waals surface area contributed by atoms with Crippen LogP contribution in [0, 0.1) is 5.92 Å². The Hall–Kier alpha value is -2.86. The van der Waals surface area contributed by atoms with Crippen LogP contribution in [0.5, 0.6) is 0 Å². The number of nitrogens with one attached hydrogen (secondary N) is 2. The predicted molar refractivity (Wildman–Crippen MR) is 108 cm³/mol. The number of amides is 3. The minimum absolute atomic E-state index is 0.0138. The predicted octanol–water partition coefficient (Wildman–Crippen LogP) is 3.58. The Kier molecular flexibility index (Phi) is 4.81. The van der Waals surface area contributed by atoms with Crippen molar-refractivity contribution in [1.29, 1.82) is 0 Å². The van der Waals surface area contributed by atoms with Crippen molar-refractivity contribution in [3.63, 3.8) is 0 Å². The molecule has 0 unspecified atom stereocenters. The summed E-state index contributed by atoms with van der Waals surface area (Å²) in [6, 6.07) is 15.1. The number of hydrogen-bond acceptors (Lipinski definition) is 3. The molecule has 6 heteroatoms. The van der Waals surface area contributed by atoms with E-state index in [-0.39, 0.29) is 6.04 Å². The van der Waals surface area contributed by atoms with E-state index in [0.29, 0.717) is 22.9 Å². The second-order valence-corrected chi connectivity index (χ2v) is 7.66. The summed E-state index contributed by atoms with van der Waals surface area (Å²) in [5.41, 5.74) is -0.880. The van der Waals surface area contributed by atoms with Crippen molar-refractivity contribution < 1.29 is 14.7 Å². The molecule has 0 aromatic heterocycles. The third-order valence-electron chi connectivity index (χ3n) is 5.83. The number of benzene rings is 2. The number of para-hydroxylation sites is 2. The monoisotopic (exact) mass is 379 g/mol. The van der Waals surface area contributed by atoms with Crippen LogP contribution in [0.25, 0.3) is 0 Å². The van der Waals surface area contributed by atoms with E-state index in [2.05, 4.69) is 17.6 Å². The molecule has 4 rings (SSSR count). The number of aliphatic hydroxyl groups is 1. The van der Waals surface area contributed by atoms with Crippen molar-refractivity contribution in [2.75, 3.05) is 10.2 Å². The van der Waals surface area contributed by atoms with Crippen molar-refractivity contribution >= 4 is 23.3 Å². The van der Waals surface area contributed by atoms with Crippen LogP contribution in [0.2, 0.25) is 0 Å². The summed E-state index contributed by atoms with van der Waals surface area (Å²) >= 11 is 0. The lowest BCUT2D eigenvalue weighted by Crippen LogP contribution is -2.64. The fraction of sp³-hybridized carbons (Fsp3) is 0.364. The molecule has 3 amide bonds. The van der Waals surface area contributed by atoms with Crippen LogP contribution >= 0.6 is 0 Å². The molecule has 3 N–H and O–H groups in total. The first-order chi connectivity index (χ1) is 13.5. The molecule has 6 nitrogen and oxygen atoms in total. The van der Waals surface area contributed by atoms with Crippen LogP contribution in [0.1, 0.15) is 38.2 Å². The molecule has 1 aliphatic heterocycles. The molecule has 1 fully saturated rings. The maximum absolute atomic E-state index is 13.4. The molecule has 0 bridgehead atoms. The van der Waals surface area contributed by atoms with Crippen LogP contribution < -0.4 is 15.5 Å². The maximum Gasteiger partial charge on any atom is 0.329 e. The highest BCUT2D eigenvalue weighted by Crippen LogP contribution is 2.40. The SMILES string of the molecule is C[C@H]1CCCC[C@@H]1NC(=O)[C@@]1(O)c2ccccc2NC(=O)N1c1ccccc1. The van der Waals surface area contributed by atoms with Gasteiger partial charge in [-0.2, -0.15) is 0 Å². The van der Waals surface area contributed by atoms with E-state index in [1.165, 1.54) is 0 Å². The molecule has 0 radical (unpaired) electrons. The molecule has 0 saturated heterocycles. The van der Waals surface area contributed by atoms with Gasteiger partial charge in [0.25, 0.3) is 11.6 Å². The first-order valence-electron chi connectivity index (χ1n) is 9.81. The quantitative estimate of drug-likeness (QED) is 0.762. The second-order valence-electron chi connectivity index (χ2n) is 7.66. The standard InChI is InChI=1S/C22H25N3O3/c1-15-9-5-7-13-18(15)23-20(26)22(28)17-12-6-8-14-19(17)24-21(27)25(22)16-10-3-2-4-11-16/h2-4,6,8,10-12,14-15,18,28H,5,7,9,13H2,1H3,(H,23,26)(H,24,27)/t15-,18-,22-/m0/s1. The van der Waals surface area contributed by atoms with Gasteiger partial charge in [0.2, 0.25) is 0 Å². The van der Waals surface area contributed by atoms with Crippen molar-refractivity contribution in [3.05, 3.63) is 60.2 Å². The normalized spacial score (nSPS) is 26.9. The fourth-order valence-electron chi connectivity index (χ4n) is 4.24. The van der Waals surface area contributed by atoms with Gasteiger partial charge in [0.1, 0.15) is 0 Å². The number of fused-ring (bicyclic) bond motifs is 1. The largest absolute Gasteiger partial charge is 0.359 e. The molecule has 2 aliphatic rings. The highest BCUT2D eigenvalue weighted by atomic mass is 16.3. The first kappa shape index (κ1) is 18.5. The fourth-order valence-corrected chi connectivity index (χ4v) is 4.24. The summed E-state index contributed by atoms with van der Waals surface area (Å²) in [5, 5.41) is 17.6. The number of urea groups is 1. The molecular formula is C22H25N3O3. The molecule has 1 aliphatic carbocycles. The Morgan fingerprint density at radius 1 is 1.11 bits per heavy atom. The summed E-state index contributed by atoms with van der Waals surface area (Å²) in [5.74, 6) is -0.239. The highest BCUT2D eigenvalue weighted by molar-refractivity contribution is 6.11. The smallest absolute Gasteiger partial charge is 0.329 e. The van der Waals surface area contributed by atoms with E-state index >= 15 is 0 Å². The minimum Gasteiger partial charge on any atom is -0.359 e. The zero-order chi connectivity index (χ0) is 19.7. The minimum atomic E-state index is -2.13.